The summed E-state index contributed by atoms with van der Waals surface area (Å²) in [7, 11) is -2.01. The molecule has 2 atom stereocenters. The molecule has 0 radical (unpaired) electrons. The zero-order valence-electron chi connectivity index (χ0n) is 21.4. The molecule has 2 aromatic carbocycles. The van der Waals surface area contributed by atoms with Gasteiger partial charge in [0.2, 0.25) is 0 Å². The maximum Gasteiger partial charge on any atom is 0.134 e. The lowest BCUT2D eigenvalue weighted by atomic mass is 10.1. The van der Waals surface area contributed by atoms with Crippen LogP contribution < -0.4 is 0 Å². The molecule has 0 N–H and O–H groups in total. The molecule has 0 fully saturated rings. The summed E-state index contributed by atoms with van der Waals surface area (Å²) in [6.45, 7) is 14.3. The molecule has 0 aliphatic heterocycles. The molecular weight excluding hydrogens is 444 g/mol. The zero-order valence-corrected chi connectivity index (χ0v) is 22.4. The standard InChI is InChI=1S/C32H32O2Si/c1-19-15-25(29-17-23-11-7-9-13-27(23)33-29)31(21(19)3)35(5,6)32-22(4)20(2)16-26(32)30-18-24-12-8-10-14-28(24)34-30/h7-18,31-32H,1-6H3. The topological polar surface area (TPSA) is 26.3 Å². The first kappa shape index (κ1) is 22.2. The number of hydrogen-bond donors (Lipinski definition) is 0. The van der Waals surface area contributed by atoms with Crippen molar-refractivity contribution in [2.24, 2.45) is 0 Å². The molecule has 6 rings (SSSR count). The Morgan fingerprint density at radius 1 is 0.600 bits per heavy atom. The highest BCUT2D eigenvalue weighted by molar-refractivity contribution is 6.85. The summed E-state index contributed by atoms with van der Waals surface area (Å²) in [5, 5.41) is 2.33. The van der Waals surface area contributed by atoms with Gasteiger partial charge in [0.05, 0.1) is 8.07 Å². The largest absolute Gasteiger partial charge is 0.456 e. The van der Waals surface area contributed by atoms with Crippen LogP contribution in [0.2, 0.25) is 24.2 Å². The van der Waals surface area contributed by atoms with Crippen molar-refractivity contribution < 1.29 is 8.83 Å². The van der Waals surface area contributed by atoms with Gasteiger partial charge < -0.3 is 8.83 Å². The number of benzene rings is 2. The molecule has 2 unspecified atom stereocenters. The van der Waals surface area contributed by atoms with Gasteiger partial charge in [0, 0.05) is 21.9 Å². The molecule has 35 heavy (non-hydrogen) atoms. The Morgan fingerprint density at radius 3 is 1.40 bits per heavy atom. The molecule has 2 aromatic heterocycles. The molecule has 0 spiro atoms. The van der Waals surface area contributed by atoms with E-state index in [0.29, 0.717) is 11.1 Å². The predicted octanol–water partition coefficient (Wildman–Crippen LogP) is 9.79. The van der Waals surface area contributed by atoms with Crippen molar-refractivity contribution in [1.82, 2.24) is 0 Å². The Bertz CT molecular complexity index is 1430. The van der Waals surface area contributed by atoms with Crippen LogP contribution in [0.25, 0.3) is 33.1 Å². The van der Waals surface area contributed by atoms with Gasteiger partial charge in [-0.3, -0.25) is 0 Å². The van der Waals surface area contributed by atoms with E-state index >= 15 is 0 Å². The van der Waals surface area contributed by atoms with E-state index in [1.807, 2.05) is 12.1 Å². The van der Waals surface area contributed by atoms with Gasteiger partial charge >= 0.3 is 0 Å². The third kappa shape index (κ3) is 3.36. The van der Waals surface area contributed by atoms with Crippen molar-refractivity contribution in [2.45, 2.75) is 51.9 Å². The molecule has 0 saturated carbocycles. The second-order valence-corrected chi connectivity index (χ2v) is 15.7. The lowest BCUT2D eigenvalue weighted by Gasteiger charge is -2.40. The van der Waals surface area contributed by atoms with Gasteiger partial charge in [-0.15, -0.1) is 0 Å². The Labute approximate surface area is 208 Å². The number of hydrogen-bond acceptors (Lipinski definition) is 2. The minimum absolute atomic E-state index is 0.377. The van der Waals surface area contributed by atoms with Gasteiger partial charge in [0.1, 0.15) is 22.7 Å². The van der Waals surface area contributed by atoms with Gasteiger partial charge in [-0.2, -0.15) is 0 Å². The second kappa shape index (κ2) is 7.86. The van der Waals surface area contributed by atoms with E-state index in [4.69, 9.17) is 8.83 Å². The van der Waals surface area contributed by atoms with Crippen LogP contribution in [-0.4, -0.2) is 8.07 Å². The lowest BCUT2D eigenvalue weighted by molar-refractivity contribution is 0.596. The van der Waals surface area contributed by atoms with E-state index in [2.05, 4.69) is 101 Å². The highest BCUT2D eigenvalue weighted by Gasteiger charge is 2.49. The van der Waals surface area contributed by atoms with Gasteiger partial charge in [-0.05, 0) is 63.1 Å². The maximum atomic E-state index is 6.42. The minimum Gasteiger partial charge on any atom is -0.456 e. The molecule has 2 heterocycles. The van der Waals surface area contributed by atoms with Crippen LogP contribution in [0.15, 0.2) is 104 Å². The zero-order chi connectivity index (χ0) is 24.5. The minimum atomic E-state index is -2.01. The summed E-state index contributed by atoms with van der Waals surface area (Å²) in [5.74, 6) is 2.03. The Balaban J connectivity index is 1.46. The van der Waals surface area contributed by atoms with Gasteiger partial charge in [-0.25, -0.2) is 0 Å². The predicted molar refractivity (Wildman–Crippen MR) is 150 cm³/mol. The van der Waals surface area contributed by atoms with E-state index < -0.39 is 8.07 Å². The molecule has 3 heteroatoms. The molecule has 2 aliphatic carbocycles. The quantitative estimate of drug-likeness (QED) is 0.274. The summed E-state index contributed by atoms with van der Waals surface area (Å²) in [6.07, 6.45) is 4.75. The molecular formula is C32H32O2Si. The van der Waals surface area contributed by atoms with Crippen LogP contribution in [0.3, 0.4) is 0 Å². The third-order valence-electron chi connectivity index (χ3n) is 8.38. The maximum absolute atomic E-state index is 6.42. The Kier molecular flexibility index (Phi) is 4.98. The summed E-state index contributed by atoms with van der Waals surface area (Å²) in [6, 6.07) is 21.1. The fourth-order valence-electron chi connectivity index (χ4n) is 6.54. The van der Waals surface area contributed by atoms with Crippen molar-refractivity contribution >= 4 is 41.2 Å². The van der Waals surface area contributed by atoms with Crippen molar-refractivity contribution in [3.05, 3.63) is 107 Å². The fraction of sp³-hybridized carbons (Fsp3) is 0.250. The van der Waals surface area contributed by atoms with Crippen LogP contribution in [0.1, 0.15) is 39.2 Å². The summed E-state index contributed by atoms with van der Waals surface area (Å²) < 4.78 is 12.8. The van der Waals surface area contributed by atoms with Crippen LogP contribution in [0.4, 0.5) is 0 Å². The first-order chi connectivity index (χ1) is 16.8. The summed E-state index contributed by atoms with van der Waals surface area (Å²) in [5.41, 5.74) is 11.1. The molecule has 0 bridgehead atoms. The summed E-state index contributed by atoms with van der Waals surface area (Å²) in [4.78, 5) is 0. The molecule has 2 nitrogen and oxygen atoms in total. The van der Waals surface area contributed by atoms with Gasteiger partial charge in [0.25, 0.3) is 0 Å². The second-order valence-electron chi connectivity index (χ2n) is 10.9. The van der Waals surface area contributed by atoms with Crippen molar-refractivity contribution in [3.8, 4) is 0 Å². The number of furan rings is 2. The van der Waals surface area contributed by atoms with Crippen LogP contribution in [-0.2, 0) is 0 Å². The highest BCUT2D eigenvalue weighted by atomic mass is 28.3. The van der Waals surface area contributed by atoms with Crippen LogP contribution in [0, 0.1) is 0 Å². The number of rotatable bonds is 4. The van der Waals surface area contributed by atoms with E-state index in [1.54, 1.807) is 0 Å². The average Bonchev–Trinajstić information content (AvgIpc) is 3.58. The lowest BCUT2D eigenvalue weighted by Crippen LogP contribution is -2.39. The fourth-order valence-corrected chi connectivity index (χ4v) is 11.6. The molecule has 2 aliphatic rings. The normalized spacial score (nSPS) is 21.0. The van der Waals surface area contributed by atoms with Crippen LogP contribution in [0.5, 0.6) is 0 Å². The molecule has 0 amide bonds. The molecule has 4 aromatic rings. The van der Waals surface area contributed by atoms with Crippen molar-refractivity contribution in [2.75, 3.05) is 0 Å². The monoisotopic (exact) mass is 476 g/mol. The highest BCUT2D eigenvalue weighted by Crippen LogP contribution is 2.58. The average molecular weight is 477 g/mol. The van der Waals surface area contributed by atoms with E-state index in [0.717, 1.165) is 22.7 Å². The van der Waals surface area contributed by atoms with Crippen molar-refractivity contribution in [3.63, 3.8) is 0 Å². The van der Waals surface area contributed by atoms with E-state index in [1.165, 1.54) is 44.2 Å². The number of fused-ring (bicyclic) bond motifs is 2. The first-order valence-electron chi connectivity index (χ1n) is 12.5. The SMILES string of the molecule is CC1=C(C)C([Si](C)(C)C2C(c3cc4ccccc4o3)=CC(C)=C2C)C(c2cc3ccccc3o2)=C1. The first-order valence-corrected chi connectivity index (χ1v) is 15.7. The summed E-state index contributed by atoms with van der Waals surface area (Å²) >= 11 is 0. The van der Waals surface area contributed by atoms with E-state index in [-0.39, 0.29) is 0 Å². The van der Waals surface area contributed by atoms with Gasteiger partial charge in [-0.1, -0.05) is 83.9 Å². The Hall–Kier alpha value is -3.30. The van der Waals surface area contributed by atoms with Crippen molar-refractivity contribution in [1.29, 1.82) is 0 Å². The molecule has 176 valence electrons. The number of allylic oxidation sites excluding steroid dienone is 8. The van der Waals surface area contributed by atoms with E-state index in [9.17, 15) is 0 Å². The van der Waals surface area contributed by atoms with Gasteiger partial charge in [0.15, 0.2) is 0 Å². The molecule has 0 saturated heterocycles. The third-order valence-corrected chi connectivity index (χ3v) is 12.8. The number of para-hydroxylation sites is 2. The Morgan fingerprint density at radius 2 is 1.00 bits per heavy atom. The smallest absolute Gasteiger partial charge is 0.134 e. The van der Waals surface area contributed by atoms with Crippen LogP contribution >= 0.6 is 0 Å².